The molecule has 0 radical (unpaired) electrons. The van der Waals surface area contributed by atoms with E-state index >= 15 is 0 Å². The molecule has 0 saturated heterocycles. The van der Waals surface area contributed by atoms with Crippen molar-refractivity contribution in [3.05, 3.63) is 53.6 Å². The van der Waals surface area contributed by atoms with Crippen LogP contribution < -0.4 is 4.74 Å². The molecule has 0 fully saturated rings. The smallest absolute Gasteiger partial charge is 0.146 e. The fourth-order valence-electron chi connectivity index (χ4n) is 1.47. The zero-order valence-corrected chi connectivity index (χ0v) is 10.2. The Hall–Kier alpha value is -2.43. The second-order valence-electron chi connectivity index (χ2n) is 3.50. The van der Waals surface area contributed by atoms with Crippen LogP contribution in [0.1, 0.15) is 11.1 Å². The molecule has 0 amide bonds. The van der Waals surface area contributed by atoms with Crippen LogP contribution in [0.25, 0.3) is 0 Å². The Bertz CT molecular complexity index is 651. The van der Waals surface area contributed by atoms with Gasteiger partial charge in [0.05, 0.1) is 5.56 Å². The molecule has 0 bridgehead atoms. The summed E-state index contributed by atoms with van der Waals surface area (Å²) in [6, 6.07) is 16.0. The van der Waals surface area contributed by atoms with Crippen LogP contribution in [0.2, 0.25) is 0 Å². The van der Waals surface area contributed by atoms with Crippen LogP contribution in [0.3, 0.4) is 0 Å². The Labute approximate surface area is 110 Å². The van der Waals surface area contributed by atoms with E-state index in [9.17, 15) is 0 Å². The van der Waals surface area contributed by atoms with E-state index in [0.29, 0.717) is 17.1 Å². The lowest BCUT2D eigenvalue weighted by molar-refractivity contribution is 0.480. The molecule has 0 spiro atoms. The van der Waals surface area contributed by atoms with E-state index < -0.39 is 0 Å². The maximum atomic E-state index is 9.06. The molecule has 3 nitrogen and oxygen atoms in total. The van der Waals surface area contributed by atoms with Gasteiger partial charge in [-0.05, 0) is 36.4 Å². The SMILES string of the molecule is N#Cc1cccc(Oc2ccc(S)cc2)c1C#N. The van der Waals surface area contributed by atoms with Gasteiger partial charge in [-0.3, -0.25) is 0 Å². The summed E-state index contributed by atoms with van der Waals surface area (Å²) < 4.78 is 5.59. The molecule has 0 aliphatic carbocycles. The summed E-state index contributed by atoms with van der Waals surface area (Å²) in [6.45, 7) is 0. The van der Waals surface area contributed by atoms with E-state index in [1.165, 1.54) is 0 Å². The van der Waals surface area contributed by atoms with E-state index in [1.54, 1.807) is 42.5 Å². The second-order valence-corrected chi connectivity index (χ2v) is 4.01. The summed E-state index contributed by atoms with van der Waals surface area (Å²) in [5, 5.41) is 18.0. The van der Waals surface area contributed by atoms with Gasteiger partial charge in [0.1, 0.15) is 29.2 Å². The molecule has 18 heavy (non-hydrogen) atoms. The molecule has 0 aromatic heterocycles. The van der Waals surface area contributed by atoms with Crippen LogP contribution in [0, 0.1) is 22.7 Å². The Balaban J connectivity index is 2.38. The predicted octanol–water partition coefficient (Wildman–Crippen LogP) is 3.51. The van der Waals surface area contributed by atoms with Gasteiger partial charge in [-0.2, -0.15) is 10.5 Å². The summed E-state index contributed by atoms with van der Waals surface area (Å²) in [7, 11) is 0. The van der Waals surface area contributed by atoms with Crippen molar-refractivity contribution in [2.45, 2.75) is 4.90 Å². The number of ether oxygens (including phenoxy) is 1. The first-order valence-electron chi connectivity index (χ1n) is 5.14. The van der Waals surface area contributed by atoms with Gasteiger partial charge in [0.2, 0.25) is 0 Å². The second kappa shape index (κ2) is 5.27. The monoisotopic (exact) mass is 252 g/mol. The number of hydrogen-bond donors (Lipinski definition) is 1. The summed E-state index contributed by atoms with van der Waals surface area (Å²) in [4.78, 5) is 0.827. The van der Waals surface area contributed by atoms with Gasteiger partial charge in [0.15, 0.2) is 0 Å². The first-order chi connectivity index (χ1) is 8.74. The highest BCUT2D eigenvalue weighted by molar-refractivity contribution is 7.80. The lowest BCUT2D eigenvalue weighted by Crippen LogP contribution is -1.91. The highest BCUT2D eigenvalue weighted by Gasteiger charge is 2.09. The molecular formula is C14H8N2OS. The number of nitrogens with zero attached hydrogens (tertiary/aromatic N) is 2. The third-order valence-corrected chi connectivity index (χ3v) is 2.62. The fourth-order valence-corrected chi connectivity index (χ4v) is 1.61. The Morgan fingerprint density at radius 3 is 2.28 bits per heavy atom. The molecular weight excluding hydrogens is 244 g/mol. The van der Waals surface area contributed by atoms with E-state index in [2.05, 4.69) is 12.6 Å². The zero-order valence-electron chi connectivity index (χ0n) is 9.29. The summed E-state index contributed by atoms with van der Waals surface area (Å²) in [5.41, 5.74) is 0.552. The Kier molecular flexibility index (Phi) is 3.52. The average Bonchev–Trinajstić information content (AvgIpc) is 2.41. The highest BCUT2D eigenvalue weighted by Crippen LogP contribution is 2.27. The Morgan fingerprint density at radius 2 is 1.67 bits per heavy atom. The van der Waals surface area contributed by atoms with Crippen molar-refractivity contribution >= 4 is 12.6 Å². The third kappa shape index (κ3) is 2.45. The maximum absolute atomic E-state index is 9.06. The molecule has 0 aliphatic rings. The lowest BCUT2D eigenvalue weighted by atomic mass is 10.1. The summed E-state index contributed by atoms with van der Waals surface area (Å²) in [5.74, 6) is 0.975. The Morgan fingerprint density at radius 1 is 0.944 bits per heavy atom. The summed E-state index contributed by atoms with van der Waals surface area (Å²) >= 11 is 4.18. The van der Waals surface area contributed by atoms with Gasteiger partial charge in [-0.15, -0.1) is 12.6 Å². The molecule has 0 unspecified atom stereocenters. The molecule has 2 aromatic carbocycles. The van der Waals surface area contributed by atoms with Crippen molar-refractivity contribution in [1.29, 1.82) is 10.5 Å². The van der Waals surface area contributed by atoms with E-state index in [4.69, 9.17) is 15.3 Å². The van der Waals surface area contributed by atoms with Gasteiger partial charge in [-0.25, -0.2) is 0 Å². The molecule has 0 saturated carbocycles. The molecule has 2 rings (SSSR count). The van der Waals surface area contributed by atoms with Crippen molar-refractivity contribution in [1.82, 2.24) is 0 Å². The first kappa shape index (κ1) is 12.0. The molecule has 4 heteroatoms. The molecule has 0 atom stereocenters. The van der Waals surface area contributed by atoms with Crippen LogP contribution in [-0.4, -0.2) is 0 Å². The van der Waals surface area contributed by atoms with Crippen molar-refractivity contribution < 1.29 is 4.74 Å². The third-order valence-electron chi connectivity index (χ3n) is 2.32. The van der Waals surface area contributed by atoms with Crippen LogP contribution in [-0.2, 0) is 0 Å². The van der Waals surface area contributed by atoms with Gasteiger partial charge < -0.3 is 4.74 Å². The highest BCUT2D eigenvalue weighted by atomic mass is 32.1. The molecule has 2 aromatic rings. The minimum absolute atomic E-state index is 0.245. The van der Waals surface area contributed by atoms with E-state index in [0.717, 1.165) is 4.90 Å². The predicted molar refractivity (Wildman–Crippen MR) is 69.6 cm³/mol. The van der Waals surface area contributed by atoms with Crippen LogP contribution in [0.15, 0.2) is 47.4 Å². The number of rotatable bonds is 2. The molecule has 0 N–H and O–H groups in total. The van der Waals surface area contributed by atoms with Crippen molar-refractivity contribution in [3.63, 3.8) is 0 Å². The minimum Gasteiger partial charge on any atom is -0.456 e. The number of benzene rings is 2. The van der Waals surface area contributed by atoms with Crippen LogP contribution in [0.4, 0.5) is 0 Å². The zero-order chi connectivity index (χ0) is 13.0. The van der Waals surface area contributed by atoms with E-state index in [1.807, 2.05) is 12.1 Å². The quantitative estimate of drug-likeness (QED) is 0.832. The summed E-state index contributed by atoms with van der Waals surface area (Å²) in [6.07, 6.45) is 0. The van der Waals surface area contributed by atoms with Crippen LogP contribution >= 0.6 is 12.6 Å². The topological polar surface area (TPSA) is 56.8 Å². The standard InChI is InChI=1S/C14H8N2OS/c15-8-10-2-1-3-14(13(10)9-16)17-11-4-6-12(18)7-5-11/h1-7,18H. The largest absolute Gasteiger partial charge is 0.456 e. The molecule has 0 heterocycles. The molecule has 86 valence electrons. The fraction of sp³-hybridized carbons (Fsp3) is 0. The number of thiol groups is 1. The minimum atomic E-state index is 0.245. The maximum Gasteiger partial charge on any atom is 0.146 e. The molecule has 0 aliphatic heterocycles. The van der Waals surface area contributed by atoms with E-state index in [-0.39, 0.29) is 5.56 Å². The number of hydrogen-bond acceptors (Lipinski definition) is 4. The van der Waals surface area contributed by atoms with Crippen molar-refractivity contribution in [2.24, 2.45) is 0 Å². The van der Waals surface area contributed by atoms with Gasteiger partial charge in [0, 0.05) is 4.90 Å². The lowest BCUT2D eigenvalue weighted by Gasteiger charge is -2.08. The van der Waals surface area contributed by atoms with Crippen molar-refractivity contribution in [2.75, 3.05) is 0 Å². The normalized spacial score (nSPS) is 9.28. The van der Waals surface area contributed by atoms with Crippen LogP contribution in [0.5, 0.6) is 11.5 Å². The van der Waals surface area contributed by atoms with Gasteiger partial charge in [-0.1, -0.05) is 6.07 Å². The van der Waals surface area contributed by atoms with Crippen molar-refractivity contribution in [3.8, 4) is 23.6 Å². The first-order valence-corrected chi connectivity index (χ1v) is 5.59. The average molecular weight is 252 g/mol. The number of nitriles is 2. The van der Waals surface area contributed by atoms with Gasteiger partial charge in [0.25, 0.3) is 0 Å². The van der Waals surface area contributed by atoms with Gasteiger partial charge >= 0.3 is 0 Å².